The van der Waals surface area contributed by atoms with E-state index in [-0.39, 0.29) is 17.7 Å². The first-order valence-electron chi connectivity index (χ1n) is 12.8. The lowest BCUT2D eigenvalue weighted by Gasteiger charge is -2.29. The van der Waals surface area contributed by atoms with Crippen LogP contribution in [0.1, 0.15) is 82.3 Å². The van der Waals surface area contributed by atoms with Crippen molar-refractivity contribution in [3.8, 4) is 11.1 Å². The summed E-state index contributed by atoms with van der Waals surface area (Å²) in [6, 6.07) is 10.9. The number of hydrogen-bond donors (Lipinski definition) is 0. The van der Waals surface area contributed by atoms with Crippen LogP contribution in [0.25, 0.3) is 17.2 Å². The summed E-state index contributed by atoms with van der Waals surface area (Å²) in [6.07, 6.45) is 15.5. The average Bonchev–Trinajstić information content (AvgIpc) is 2.86. The summed E-state index contributed by atoms with van der Waals surface area (Å²) in [5.74, 6) is -0.661. The molecule has 0 aliphatic heterocycles. The van der Waals surface area contributed by atoms with Crippen LogP contribution in [-0.4, -0.2) is 0 Å². The fourth-order valence-corrected chi connectivity index (χ4v) is 5.44. The second kappa shape index (κ2) is 11.3. The molecular weight excluding hydrogens is 429 g/mol. The molecule has 2 aliphatic carbocycles. The number of rotatable bonds is 7. The highest BCUT2D eigenvalue weighted by Gasteiger charge is 2.26. The van der Waals surface area contributed by atoms with Gasteiger partial charge in [-0.25, -0.2) is 13.2 Å². The molecule has 0 nitrogen and oxygen atoms in total. The Hall–Kier alpha value is -2.55. The van der Waals surface area contributed by atoms with Gasteiger partial charge >= 0.3 is 0 Å². The van der Waals surface area contributed by atoms with E-state index in [0.29, 0.717) is 16.7 Å². The van der Waals surface area contributed by atoms with Gasteiger partial charge in [-0.2, -0.15) is 0 Å². The summed E-state index contributed by atoms with van der Waals surface area (Å²) >= 11 is 0. The minimum Gasteiger partial charge on any atom is -0.211 e. The Morgan fingerprint density at radius 3 is 2.24 bits per heavy atom. The first kappa shape index (κ1) is 24.6. The minimum absolute atomic E-state index is 0.00537. The Labute approximate surface area is 202 Å². The Morgan fingerprint density at radius 1 is 0.853 bits per heavy atom. The molecule has 34 heavy (non-hydrogen) atoms. The first-order chi connectivity index (χ1) is 16.5. The van der Waals surface area contributed by atoms with E-state index < -0.39 is 11.6 Å². The maximum absolute atomic E-state index is 15.1. The highest BCUT2D eigenvalue weighted by Crippen LogP contribution is 2.40. The number of allylic oxidation sites excluding steroid dienone is 5. The summed E-state index contributed by atoms with van der Waals surface area (Å²) in [6.45, 7) is 4.20. The van der Waals surface area contributed by atoms with E-state index in [1.54, 1.807) is 18.2 Å². The van der Waals surface area contributed by atoms with Crippen LogP contribution in [0, 0.1) is 23.5 Å². The fourth-order valence-electron chi connectivity index (χ4n) is 5.44. The topological polar surface area (TPSA) is 0 Å². The van der Waals surface area contributed by atoms with Gasteiger partial charge in [-0.05, 0) is 78.7 Å². The maximum Gasteiger partial charge on any atom is 0.166 e. The molecule has 3 heteroatoms. The van der Waals surface area contributed by atoms with E-state index in [4.69, 9.17) is 0 Å². The largest absolute Gasteiger partial charge is 0.211 e. The molecule has 0 radical (unpaired) electrons. The van der Waals surface area contributed by atoms with Crippen LogP contribution >= 0.6 is 0 Å². The molecule has 0 amide bonds. The fraction of sp³-hybridized carbons (Fsp3) is 0.419. The van der Waals surface area contributed by atoms with Gasteiger partial charge in [-0.15, -0.1) is 0 Å². The molecule has 0 saturated heterocycles. The maximum atomic E-state index is 15.1. The summed E-state index contributed by atoms with van der Waals surface area (Å²) in [7, 11) is 0. The molecule has 0 spiro atoms. The summed E-state index contributed by atoms with van der Waals surface area (Å²) in [4.78, 5) is 0. The molecule has 2 aliphatic rings. The lowest BCUT2D eigenvalue weighted by molar-refractivity contribution is 0.303. The smallest absolute Gasteiger partial charge is 0.166 e. The van der Waals surface area contributed by atoms with Crippen LogP contribution < -0.4 is 0 Å². The van der Waals surface area contributed by atoms with E-state index in [0.717, 1.165) is 55.6 Å². The SMILES string of the molecule is CCCC1CCC(c2ccc(-c3ccc(/C=C/C4=CC[C@H](CC)C(F)=C4)cc3)c(F)c2F)CC1. The molecule has 0 N–H and O–H groups in total. The van der Waals surface area contributed by atoms with Gasteiger partial charge in [-0.3, -0.25) is 0 Å². The lowest BCUT2D eigenvalue weighted by atomic mass is 9.77. The highest BCUT2D eigenvalue weighted by molar-refractivity contribution is 5.67. The molecule has 4 rings (SSSR count). The van der Waals surface area contributed by atoms with Crippen molar-refractivity contribution >= 4 is 6.08 Å². The number of halogens is 3. The number of hydrogen-bond acceptors (Lipinski definition) is 0. The normalized spacial score (nSPS) is 23.1. The van der Waals surface area contributed by atoms with Crippen molar-refractivity contribution in [1.82, 2.24) is 0 Å². The van der Waals surface area contributed by atoms with Crippen LogP contribution in [0.3, 0.4) is 0 Å². The lowest BCUT2D eigenvalue weighted by Crippen LogP contribution is -2.14. The van der Waals surface area contributed by atoms with Gasteiger partial charge in [0.2, 0.25) is 0 Å². The summed E-state index contributed by atoms with van der Waals surface area (Å²) < 4.78 is 44.1. The number of benzene rings is 2. The second-order valence-electron chi connectivity index (χ2n) is 9.87. The van der Waals surface area contributed by atoms with Crippen LogP contribution in [0.2, 0.25) is 0 Å². The third kappa shape index (κ3) is 5.56. The molecule has 0 bridgehead atoms. The van der Waals surface area contributed by atoms with Crippen molar-refractivity contribution < 1.29 is 13.2 Å². The monoisotopic (exact) mass is 464 g/mol. The Morgan fingerprint density at radius 2 is 1.59 bits per heavy atom. The van der Waals surface area contributed by atoms with Gasteiger partial charge in [-0.1, -0.05) is 81.3 Å². The molecule has 0 heterocycles. The van der Waals surface area contributed by atoms with Gasteiger partial charge in [0.05, 0.1) is 0 Å². The molecule has 0 aromatic heterocycles. The third-order valence-electron chi connectivity index (χ3n) is 7.61. The van der Waals surface area contributed by atoms with Gasteiger partial charge < -0.3 is 0 Å². The van der Waals surface area contributed by atoms with E-state index >= 15 is 8.78 Å². The molecule has 180 valence electrons. The molecule has 1 atom stereocenters. The van der Waals surface area contributed by atoms with Crippen LogP contribution in [-0.2, 0) is 0 Å². The molecule has 2 aromatic carbocycles. The predicted molar refractivity (Wildman–Crippen MR) is 136 cm³/mol. The van der Waals surface area contributed by atoms with E-state index in [1.807, 2.05) is 43.3 Å². The van der Waals surface area contributed by atoms with Crippen molar-refractivity contribution in [1.29, 1.82) is 0 Å². The predicted octanol–water partition coefficient (Wildman–Crippen LogP) is 9.93. The summed E-state index contributed by atoms with van der Waals surface area (Å²) in [5, 5.41) is 0. The van der Waals surface area contributed by atoms with Gasteiger partial charge in [0.1, 0.15) is 5.83 Å². The van der Waals surface area contributed by atoms with Crippen molar-refractivity contribution in [2.45, 2.75) is 71.1 Å². The van der Waals surface area contributed by atoms with Crippen molar-refractivity contribution in [2.24, 2.45) is 11.8 Å². The van der Waals surface area contributed by atoms with Crippen LogP contribution in [0.5, 0.6) is 0 Å². The Bertz CT molecular complexity index is 1070. The quantitative estimate of drug-likeness (QED) is 0.382. The zero-order valence-corrected chi connectivity index (χ0v) is 20.3. The van der Waals surface area contributed by atoms with Gasteiger partial charge in [0.25, 0.3) is 0 Å². The van der Waals surface area contributed by atoms with Gasteiger partial charge in [0, 0.05) is 11.5 Å². The third-order valence-corrected chi connectivity index (χ3v) is 7.61. The van der Waals surface area contributed by atoms with E-state index in [1.165, 1.54) is 12.8 Å². The standard InChI is InChI=1S/C31H35F3/c1-3-5-21-8-14-25(15-9-21)27-18-19-28(31(34)30(27)33)26-16-10-22(11-17-26)6-7-23-12-13-24(4-2)29(32)20-23/h6-7,10-12,16-21,24-25H,3-5,8-9,13-15H2,1-2H3/b7-6+/t21?,24-,25?/m0/s1. The van der Waals surface area contributed by atoms with Crippen molar-refractivity contribution in [2.75, 3.05) is 0 Å². The first-order valence-corrected chi connectivity index (χ1v) is 12.8. The zero-order valence-electron chi connectivity index (χ0n) is 20.3. The Balaban J connectivity index is 1.45. The van der Waals surface area contributed by atoms with Crippen molar-refractivity contribution in [3.05, 3.63) is 88.8 Å². The molecule has 1 saturated carbocycles. The zero-order chi connectivity index (χ0) is 24.1. The van der Waals surface area contributed by atoms with Crippen LogP contribution in [0.4, 0.5) is 13.2 Å². The van der Waals surface area contributed by atoms with E-state index in [2.05, 4.69) is 13.0 Å². The molecule has 2 aromatic rings. The minimum atomic E-state index is -0.755. The summed E-state index contributed by atoms with van der Waals surface area (Å²) in [5.41, 5.74) is 3.26. The molecular formula is C31H35F3. The van der Waals surface area contributed by atoms with E-state index in [9.17, 15) is 4.39 Å². The highest BCUT2D eigenvalue weighted by atomic mass is 19.2. The van der Waals surface area contributed by atoms with Crippen molar-refractivity contribution in [3.63, 3.8) is 0 Å². The second-order valence-corrected chi connectivity index (χ2v) is 9.87. The molecule has 0 unspecified atom stereocenters. The average molecular weight is 465 g/mol. The Kier molecular flexibility index (Phi) is 8.13. The molecule has 1 fully saturated rings. The van der Waals surface area contributed by atoms with Crippen LogP contribution in [0.15, 0.2) is 66.0 Å². The van der Waals surface area contributed by atoms with Gasteiger partial charge in [0.15, 0.2) is 11.6 Å².